The zero-order chi connectivity index (χ0) is 10.4. The summed E-state index contributed by atoms with van der Waals surface area (Å²) in [7, 11) is 1.69. The number of para-hydroxylation sites is 1. The maximum atomic E-state index is 11.4. The van der Waals surface area contributed by atoms with Crippen molar-refractivity contribution in [1.82, 2.24) is 0 Å². The molecule has 0 fully saturated rings. The van der Waals surface area contributed by atoms with Gasteiger partial charge in [-0.05, 0) is 12.1 Å². The van der Waals surface area contributed by atoms with Gasteiger partial charge in [0.1, 0.15) is 0 Å². The minimum atomic E-state index is -0.148. The largest absolute Gasteiger partial charge is 0.392 e. The van der Waals surface area contributed by atoms with E-state index in [0.29, 0.717) is 0 Å². The van der Waals surface area contributed by atoms with Crippen LogP contribution in [0.5, 0.6) is 0 Å². The average Bonchev–Trinajstić information content (AvgIpc) is 2.26. The summed E-state index contributed by atoms with van der Waals surface area (Å²) in [4.78, 5) is 13.0. The monoisotopic (exact) mass is 191 g/mol. The second-order valence-electron chi connectivity index (χ2n) is 2.82. The van der Waals surface area contributed by atoms with E-state index in [1.54, 1.807) is 7.05 Å². The Balaban J connectivity index is 2.71. The zero-order valence-electron chi connectivity index (χ0n) is 8.05. The van der Waals surface area contributed by atoms with Gasteiger partial charge in [0.15, 0.2) is 0 Å². The van der Waals surface area contributed by atoms with Crippen LogP contribution in [-0.4, -0.2) is 24.7 Å². The van der Waals surface area contributed by atoms with Gasteiger partial charge >= 0.3 is 0 Å². The minimum absolute atomic E-state index is 0.117. The molecule has 0 heterocycles. The van der Waals surface area contributed by atoms with Crippen molar-refractivity contribution >= 4 is 11.6 Å². The molecule has 3 nitrogen and oxygen atoms in total. The third-order valence-electron chi connectivity index (χ3n) is 1.84. The molecule has 0 radical (unpaired) electrons. The maximum absolute atomic E-state index is 11.4. The summed E-state index contributed by atoms with van der Waals surface area (Å²) in [5, 5.41) is 8.51. The highest BCUT2D eigenvalue weighted by molar-refractivity contribution is 6.00. The van der Waals surface area contributed by atoms with Gasteiger partial charge in [0, 0.05) is 18.8 Å². The Kier molecular flexibility index (Phi) is 3.88. The highest BCUT2D eigenvalue weighted by atomic mass is 16.2. The van der Waals surface area contributed by atoms with E-state index in [0.717, 1.165) is 5.69 Å². The topological polar surface area (TPSA) is 40.5 Å². The van der Waals surface area contributed by atoms with Crippen LogP contribution in [0.25, 0.3) is 0 Å². The van der Waals surface area contributed by atoms with Gasteiger partial charge in [-0.2, -0.15) is 0 Å². The number of amides is 1. The van der Waals surface area contributed by atoms with E-state index in [9.17, 15) is 4.79 Å². The van der Waals surface area contributed by atoms with E-state index in [2.05, 4.69) is 0 Å². The number of carbonyl (C=O) groups is 1. The molecule has 0 aliphatic carbocycles. The number of benzene rings is 1. The Morgan fingerprint density at radius 1 is 1.43 bits per heavy atom. The van der Waals surface area contributed by atoms with E-state index >= 15 is 0 Å². The Hall–Kier alpha value is -1.61. The molecule has 1 rings (SSSR count). The van der Waals surface area contributed by atoms with E-state index in [1.165, 1.54) is 17.1 Å². The summed E-state index contributed by atoms with van der Waals surface area (Å²) in [6, 6.07) is 9.34. The lowest BCUT2D eigenvalue weighted by atomic mass is 10.3. The first-order chi connectivity index (χ1) is 6.75. The number of hydrogen-bond donors (Lipinski definition) is 1. The molecule has 0 saturated heterocycles. The van der Waals surface area contributed by atoms with Crippen LogP contribution in [-0.2, 0) is 4.79 Å². The van der Waals surface area contributed by atoms with Crippen LogP contribution in [0, 0.1) is 0 Å². The third-order valence-corrected chi connectivity index (χ3v) is 1.84. The van der Waals surface area contributed by atoms with Crippen LogP contribution in [0.15, 0.2) is 42.5 Å². The van der Waals surface area contributed by atoms with Crippen LogP contribution >= 0.6 is 0 Å². The van der Waals surface area contributed by atoms with Gasteiger partial charge in [0.05, 0.1) is 6.61 Å². The molecule has 3 heteroatoms. The van der Waals surface area contributed by atoms with Gasteiger partial charge in [-0.1, -0.05) is 24.3 Å². The van der Waals surface area contributed by atoms with Gasteiger partial charge in [0.2, 0.25) is 5.91 Å². The Morgan fingerprint density at radius 2 is 2.07 bits per heavy atom. The zero-order valence-corrected chi connectivity index (χ0v) is 8.05. The molecule has 0 aliphatic heterocycles. The molecule has 0 saturated carbocycles. The highest BCUT2D eigenvalue weighted by Gasteiger charge is 2.05. The number of anilines is 1. The van der Waals surface area contributed by atoms with Crippen molar-refractivity contribution in [3.05, 3.63) is 42.5 Å². The second-order valence-corrected chi connectivity index (χ2v) is 2.82. The lowest BCUT2D eigenvalue weighted by Crippen LogP contribution is -2.23. The fraction of sp³-hybridized carbons (Fsp3) is 0.182. The fourth-order valence-electron chi connectivity index (χ4n) is 1.04. The van der Waals surface area contributed by atoms with Crippen molar-refractivity contribution in [2.24, 2.45) is 0 Å². The maximum Gasteiger partial charge on any atom is 0.250 e. The lowest BCUT2D eigenvalue weighted by Gasteiger charge is -2.14. The molecule has 0 aliphatic rings. The summed E-state index contributed by atoms with van der Waals surface area (Å²) in [6.45, 7) is -0.117. The van der Waals surface area contributed by atoms with Crippen molar-refractivity contribution in [2.45, 2.75) is 0 Å². The molecule has 0 atom stereocenters. The van der Waals surface area contributed by atoms with Gasteiger partial charge in [0.25, 0.3) is 0 Å². The Morgan fingerprint density at radius 3 is 2.64 bits per heavy atom. The van der Waals surface area contributed by atoms with E-state index < -0.39 is 0 Å². The lowest BCUT2D eigenvalue weighted by molar-refractivity contribution is -0.113. The first-order valence-electron chi connectivity index (χ1n) is 4.36. The van der Waals surface area contributed by atoms with E-state index in [1.807, 2.05) is 30.3 Å². The average molecular weight is 191 g/mol. The van der Waals surface area contributed by atoms with Crippen molar-refractivity contribution < 1.29 is 9.90 Å². The number of rotatable bonds is 3. The summed E-state index contributed by atoms with van der Waals surface area (Å²) in [6.07, 6.45) is 2.77. The molecule has 0 aromatic heterocycles. The highest BCUT2D eigenvalue weighted by Crippen LogP contribution is 2.10. The summed E-state index contributed by atoms with van der Waals surface area (Å²) >= 11 is 0. The van der Waals surface area contributed by atoms with Gasteiger partial charge in [-0.15, -0.1) is 0 Å². The van der Waals surface area contributed by atoms with E-state index in [-0.39, 0.29) is 12.5 Å². The summed E-state index contributed by atoms with van der Waals surface area (Å²) < 4.78 is 0. The number of carbonyl (C=O) groups excluding carboxylic acids is 1. The van der Waals surface area contributed by atoms with Gasteiger partial charge in [-0.25, -0.2) is 0 Å². The standard InChI is InChI=1S/C11H13NO2/c1-12(11(14)8-5-9-13)10-6-3-2-4-7-10/h2-8,13H,9H2,1H3/b8-5-. The molecule has 1 N–H and O–H groups in total. The van der Waals surface area contributed by atoms with Gasteiger partial charge < -0.3 is 10.0 Å². The number of likely N-dealkylation sites (N-methyl/N-ethyl adjacent to an activating group) is 1. The van der Waals surface area contributed by atoms with Crippen molar-refractivity contribution in [1.29, 1.82) is 0 Å². The Bertz CT molecular complexity index is 319. The number of aliphatic hydroxyl groups excluding tert-OH is 1. The van der Waals surface area contributed by atoms with Crippen LogP contribution in [0.3, 0.4) is 0 Å². The molecule has 1 aromatic rings. The first kappa shape index (κ1) is 10.5. The van der Waals surface area contributed by atoms with Crippen molar-refractivity contribution in [3.8, 4) is 0 Å². The number of nitrogens with zero attached hydrogens (tertiary/aromatic N) is 1. The Labute approximate surface area is 83.3 Å². The second kappa shape index (κ2) is 5.19. The van der Waals surface area contributed by atoms with Crippen molar-refractivity contribution in [2.75, 3.05) is 18.6 Å². The molecule has 1 amide bonds. The number of aliphatic hydroxyl groups is 1. The molecular weight excluding hydrogens is 178 g/mol. The number of hydrogen-bond acceptors (Lipinski definition) is 2. The normalized spacial score (nSPS) is 10.4. The fourth-order valence-corrected chi connectivity index (χ4v) is 1.04. The molecule has 0 unspecified atom stereocenters. The molecule has 1 aromatic carbocycles. The molecule has 74 valence electrons. The summed E-state index contributed by atoms with van der Waals surface area (Å²) in [5.74, 6) is -0.148. The van der Waals surface area contributed by atoms with Crippen LogP contribution < -0.4 is 4.90 Å². The smallest absolute Gasteiger partial charge is 0.250 e. The molecule has 14 heavy (non-hydrogen) atoms. The quantitative estimate of drug-likeness (QED) is 0.729. The SMILES string of the molecule is CN(C(=O)/C=C\CO)c1ccccc1. The van der Waals surface area contributed by atoms with Gasteiger partial charge in [-0.3, -0.25) is 4.79 Å². The van der Waals surface area contributed by atoms with Crippen LogP contribution in [0.1, 0.15) is 0 Å². The van der Waals surface area contributed by atoms with Crippen molar-refractivity contribution in [3.63, 3.8) is 0 Å². The third kappa shape index (κ3) is 2.71. The minimum Gasteiger partial charge on any atom is -0.392 e. The van der Waals surface area contributed by atoms with Crippen LogP contribution in [0.2, 0.25) is 0 Å². The van der Waals surface area contributed by atoms with Crippen LogP contribution in [0.4, 0.5) is 5.69 Å². The molecule has 0 bridgehead atoms. The predicted octanol–water partition coefficient (Wildman–Crippen LogP) is 1.20. The van der Waals surface area contributed by atoms with E-state index in [4.69, 9.17) is 5.11 Å². The molecule has 0 spiro atoms. The summed E-state index contributed by atoms with van der Waals surface area (Å²) in [5.41, 5.74) is 0.833. The first-order valence-corrected chi connectivity index (χ1v) is 4.36. The predicted molar refractivity (Wildman–Crippen MR) is 56.1 cm³/mol. The molecular formula is C11H13NO2.